The van der Waals surface area contributed by atoms with Crippen molar-refractivity contribution in [2.24, 2.45) is 0 Å². The standard InChI is InChI=1S/C10H19N3O2/c14-10(12-9-2-7-15-8-9)13-5-1-3-11-4-6-13/h9,11H,1-8H2,(H,12,14). The molecule has 0 aliphatic carbocycles. The van der Waals surface area contributed by atoms with Crippen molar-refractivity contribution in [1.82, 2.24) is 15.5 Å². The highest BCUT2D eigenvalue weighted by Crippen LogP contribution is 2.04. The van der Waals surface area contributed by atoms with E-state index in [1.807, 2.05) is 4.90 Å². The van der Waals surface area contributed by atoms with Gasteiger partial charge in [-0.2, -0.15) is 0 Å². The van der Waals surface area contributed by atoms with Crippen molar-refractivity contribution in [2.45, 2.75) is 18.9 Å². The van der Waals surface area contributed by atoms with E-state index in [2.05, 4.69) is 10.6 Å². The van der Waals surface area contributed by atoms with Crippen LogP contribution in [0.25, 0.3) is 0 Å². The highest BCUT2D eigenvalue weighted by molar-refractivity contribution is 5.74. The molecule has 2 saturated heterocycles. The molecule has 0 radical (unpaired) electrons. The summed E-state index contributed by atoms with van der Waals surface area (Å²) in [5.74, 6) is 0. The van der Waals surface area contributed by atoms with Gasteiger partial charge in [0.05, 0.1) is 12.6 Å². The average molecular weight is 213 g/mol. The Balaban J connectivity index is 1.77. The third kappa shape index (κ3) is 3.07. The molecule has 0 aromatic rings. The second-order valence-electron chi connectivity index (χ2n) is 4.10. The number of carbonyl (C=O) groups excluding carboxylic acids is 1. The quantitative estimate of drug-likeness (QED) is 0.633. The van der Waals surface area contributed by atoms with Crippen LogP contribution in [-0.2, 0) is 4.74 Å². The number of carbonyl (C=O) groups is 1. The molecule has 5 nitrogen and oxygen atoms in total. The molecule has 0 spiro atoms. The van der Waals surface area contributed by atoms with E-state index in [4.69, 9.17) is 4.74 Å². The zero-order valence-electron chi connectivity index (χ0n) is 9.00. The lowest BCUT2D eigenvalue weighted by Crippen LogP contribution is -2.46. The summed E-state index contributed by atoms with van der Waals surface area (Å²) in [4.78, 5) is 13.7. The molecule has 0 saturated carbocycles. The minimum atomic E-state index is 0.0641. The topological polar surface area (TPSA) is 53.6 Å². The fourth-order valence-corrected chi connectivity index (χ4v) is 1.96. The summed E-state index contributed by atoms with van der Waals surface area (Å²) >= 11 is 0. The Labute approximate surface area is 90.1 Å². The Hall–Kier alpha value is -0.810. The first kappa shape index (κ1) is 10.7. The summed E-state index contributed by atoms with van der Waals surface area (Å²) in [5.41, 5.74) is 0. The lowest BCUT2D eigenvalue weighted by atomic mass is 10.3. The van der Waals surface area contributed by atoms with Gasteiger partial charge in [-0.1, -0.05) is 0 Å². The van der Waals surface area contributed by atoms with Gasteiger partial charge in [0.1, 0.15) is 0 Å². The number of ether oxygens (including phenoxy) is 1. The molecule has 2 N–H and O–H groups in total. The Bertz CT molecular complexity index is 209. The monoisotopic (exact) mass is 213 g/mol. The van der Waals surface area contributed by atoms with Crippen LogP contribution in [0.4, 0.5) is 4.79 Å². The molecule has 2 rings (SSSR count). The van der Waals surface area contributed by atoms with Crippen LogP contribution >= 0.6 is 0 Å². The van der Waals surface area contributed by atoms with E-state index >= 15 is 0 Å². The van der Waals surface area contributed by atoms with Crippen molar-refractivity contribution >= 4 is 6.03 Å². The number of hydrogen-bond donors (Lipinski definition) is 2. The van der Waals surface area contributed by atoms with Gasteiger partial charge in [0, 0.05) is 26.2 Å². The van der Waals surface area contributed by atoms with Crippen molar-refractivity contribution in [3.8, 4) is 0 Å². The van der Waals surface area contributed by atoms with E-state index in [0.29, 0.717) is 6.61 Å². The molecule has 2 amide bonds. The molecule has 0 aromatic heterocycles. The maximum Gasteiger partial charge on any atom is 0.317 e. The van der Waals surface area contributed by atoms with Crippen LogP contribution in [-0.4, -0.2) is 56.4 Å². The van der Waals surface area contributed by atoms with Crippen LogP contribution in [0, 0.1) is 0 Å². The van der Waals surface area contributed by atoms with Crippen LogP contribution in [0.3, 0.4) is 0 Å². The molecule has 0 bridgehead atoms. The fraction of sp³-hybridized carbons (Fsp3) is 0.900. The third-order valence-electron chi connectivity index (χ3n) is 2.88. The van der Waals surface area contributed by atoms with Gasteiger partial charge in [0.25, 0.3) is 0 Å². The summed E-state index contributed by atoms with van der Waals surface area (Å²) < 4.78 is 5.22. The van der Waals surface area contributed by atoms with Gasteiger partial charge in [-0.05, 0) is 19.4 Å². The molecular weight excluding hydrogens is 194 g/mol. The number of rotatable bonds is 1. The minimum absolute atomic E-state index is 0.0641. The van der Waals surface area contributed by atoms with Gasteiger partial charge < -0.3 is 20.3 Å². The Kier molecular flexibility index (Phi) is 3.80. The number of hydrogen-bond acceptors (Lipinski definition) is 3. The summed E-state index contributed by atoms with van der Waals surface area (Å²) in [6.07, 6.45) is 1.98. The lowest BCUT2D eigenvalue weighted by Gasteiger charge is -2.22. The second-order valence-corrected chi connectivity index (χ2v) is 4.10. The van der Waals surface area contributed by atoms with Crippen LogP contribution in [0.2, 0.25) is 0 Å². The number of amides is 2. The molecular formula is C10H19N3O2. The molecule has 2 heterocycles. The zero-order chi connectivity index (χ0) is 10.5. The maximum absolute atomic E-state index is 11.8. The van der Waals surface area contributed by atoms with E-state index in [1.54, 1.807) is 0 Å². The van der Waals surface area contributed by atoms with Gasteiger partial charge in [0.2, 0.25) is 0 Å². The highest BCUT2D eigenvalue weighted by atomic mass is 16.5. The van der Waals surface area contributed by atoms with Gasteiger partial charge in [-0.3, -0.25) is 0 Å². The van der Waals surface area contributed by atoms with Crippen molar-refractivity contribution in [1.29, 1.82) is 0 Å². The summed E-state index contributed by atoms with van der Waals surface area (Å²) in [6, 6.07) is 0.280. The molecule has 1 atom stereocenters. The fourth-order valence-electron chi connectivity index (χ4n) is 1.96. The van der Waals surface area contributed by atoms with Crippen molar-refractivity contribution in [2.75, 3.05) is 39.4 Å². The molecule has 86 valence electrons. The smallest absolute Gasteiger partial charge is 0.317 e. The third-order valence-corrected chi connectivity index (χ3v) is 2.88. The van der Waals surface area contributed by atoms with Gasteiger partial charge in [-0.15, -0.1) is 0 Å². The van der Waals surface area contributed by atoms with Crippen molar-refractivity contribution < 1.29 is 9.53 Å². The predicted octanol–water partition coefficient (Wildman–Crippen LogP) is -0.220. The van der Waals surface area contributed by atoms with E-state index in [-0.39, 0.29) is 12.1 Å². The number of nitrogens with zero attached hydrogens (tertiary/aromatic N) is 1. The van der Waals surface area contributed by atoms with E-state index in [0.717, 1.165) is 45.6 Å². The van der Waals surface area contributed by atoms with E-state index < -0.39 is 0 Å². The van der Waals surface area contributed by atoms with Gasteiger partial charge in [0.15, 0.2) is 0 Å². The molecule has 2 fully saturated rings. The molecule has 5 heteroatoms. The normalized spacial score (nSPS) is 27.5. The summed E-state index contributed by atoms with van der Waals surface area (Å²) in [6.45, 7) is 5.00. The van der Waals surface area contributed by atoms with E-state index in [1.165, 1.54) is 0 Å². The van der Waals surface area contributed by atoms with Crippen LogP contribution < -0.4 is 10.6 Å². The molecule has 0 aromatic carbocycles. The second kappa shape index (κ2) is 5.32. The minimum Gasteiger partial charge on any atom is -0.379 e. The lowest BCUT2D eigenvalue weighted by molar-refractivity contribution is 0.179. The molecule has 15 heavy (non-hydrogen) atoms. The molecule has 1 unspecified atom stereocenters. The number of urea groups is 1. The highest BCUT2D eigenvalue weighted by Gasteiger charge is 2.21. The first-order valence-electron chi connectivity index (χ1n) is 5.70. The molecule has 2 aliphatic rings. The van der Waals surface area contributed by atoms with E-state index in [9.17, 15) is 4.79 Å². The average Bonchev–Trinajstić information content (AvgIpc) is 2.58. The number of nitrogens with one attached hydrogen (secondary N) is 2. The van der Waals surface area contributed by atoms with Gasteiger partial charge in [-0.25, -0.2) is 4.79 Å². The predicted molar refractivity (Wildman–Crippen MR) is 56.8 cm³/mol. The molecule has 2 aliphatic heterocycles. The summed E-state index contributed by atoms with van der Waals surface area (Å²) in [5, 5.41) is 6.29. The SMILES string of the molecule is O=C(NC1CCOC1)N1CCCNCC1. The Morgan fingerprint density at radius 1 is 1.40 bits per heavy atom. The first-order chi connectivity index (χ1) is 7.36. The Morgan fingerprint density at radius 2 is 2.33 bits per heavy atom. The van der Waals surface area contributed by atoms with Crippen LogP contribution in [0.1, 0.15) is 12.8 Å². The zero-order valence-corrected chi connectivity index (χ0v) is 9.00. The van der Waals surface area contributed by atoms with Gasteiger partial charge >= 0.3 is 6.03 Å². The Morgan fingerprint density at radius 3 is 3.13 bits per heavy atom. The maximum atomic E-state index is 11.8. The van der Waals surface area contributed by atoms with Crippen LogP contribution in [0.15, 0.2) is 0 Å². The van der Waals surface area contributed by atoms with Crippen molar-refractivity contribution in [3.05, 3.63) is 0 Å². The first-order valence-corrected chi connectivity index (χ1v) is 5.70. The summed E-state index contributed by atoms with van der Waals surface area (Å²) in [7, 11) is 0. The van der Waals surface area contributed by atoms with Crippen molar-refractivity contribution in [3.63, 3.8) is 0 Å². The van der Waals surface area contributed by atoms with Crippen LogP contribution in [0.5, 0.6) is 0 Å². The largest absolute Gasteiger partial charge is 0.379 e.